The lowest BCUT2D eigenvalue weighted by atomic mass is 10.1. The molecule has 0 unspecified atom stereocenters. The van der Waals surface area contributed by atoms with E-state index in [-0.39, 0.29) is 11.4 Å². The molecule has 2 aromatic carbocycles. The number of carbonyl (C=O) groups is 1. The number of fused-ring (bicyclic) bond motifs is 2. The number of benzene rings is 2. The number of carbonyl (C=O) groups excluding carboxylic acids is 1. The van der Waals surface area contributed by atoms with Crippen LogP contribution in [-0.2, 0) is 11.3 Å². The molecule has 166 valence electrons. The molecule has 2 aliphatic rings. The molecule has 0 radical (unpaired) electrons. The van der Waals surface area contributed by atoms with Gasteiger partial charge in [-0.2, -0.15) is 15.1 Å². The van der Waals surface area contributed by atoms with Gasteiger partial charge in [0.05, 0.1) is 12.1 Å². The van der Waals surface area contributed by atoms with Gasteiger partial charge in [0, 0.05) is 27.7 Å². The number of para-hydroxylation sites is 1. The minimum absolute atomic E-state index is 0.0452. The minimum atomic E-state index is -0.422. The second-order valence-corrected chi connectivity index (χ2v) is 8.94. The van der Waals surface area contributed by atoms with Crippen molar-refractivity contribution in [1.29, 1.82) is 5.41 Å². The summed E-state index contributed by atoms with van der Waals surface area (Å²) in [6.07, 6.45) is 4.43. The van der Waals surface area contributed by atoms with Crippen LogP contribution in [-0.4, -0.2) is 38.1 Å². The van der Waals surface area contributed by atoms with E-state index in [9.17, 15) is 4.79 Å². The molecule has 3 aromatic rings. The van der Waals surface area contributed by atoms with Crippen molar-refractivity contribution in [1.82, 2.24) is 9.58 Å². The third-order valence-electron chi connectivity index (χ3n) is 5.33. The molecule has 1 amide bonds. The summed E-state index contributed by atoms with van der Waals surface area (Å²) in [7, 11) is 0. The number of aliphatic imine (C=N–C) groups is 1. The van der Waals surface area contributed by atoms with Gasteiger partial charge < -0.3 is 9.30 Å². The number of hydrogen-bond acceptors (Lipinski definition) is 5. The number of aromatic nitrogens is 1. The van der Waals surface area contributed by atoms with E-state index in [0.29, 0.717) is 23.3 Å². The predicted octanol–water partition coefficient (Wildman–Crippen LogP) is 5.40. The first kappa shape index (κ1) is 21.5. The van der Waals surface area contributed by atoms with Gasteiger partial charge in [-0.05, 0) is 54.6 Å². The van der Waals surface area contributed by atoms with Gasteiger partial charge in [-0.15, -0.1) is 0 Å². The van der Waals surface area contributed by atoms with E-state index in [0.717, 1.165) is 33.7 Å². The summed E-state index contributed by atoms with van der Waals surface area (Å²) in [5.41, 5.74) is 2.09. The van der Waals surface area contributed by atoms with Crippen LogP contribution >= 0.6 is 23.4 Å². The predicted molar refractivity (Wildman–Crippen MR) is 134 cm³/mol. The number of nitrogens with zero attached hydrogens (tertiary/aromatic N) is 4. The highest BCUT2D eigenvalue weighted by molar-refractivity contribution is 8.26. The van der Waals surface area contributed by atoms with Crippen molar-refractivity contribution in [3.05, 3.63) is 70.9 Å². The lowest BCUT2D eigenvalue weighted by molar-refractivity contribution is -0.114. The summed E-state index contributed by atoms with van der Waals surface area (Å²) in [4.78, 5) is 16.9. The summed E-state index contributed by atoms with van der Waals surface area (Å²) in [6, 6.07) is 15.2. The zero-order valence-electron chi connectivity index (χ0n) is 17.8. The molecule has 3 heterocycles. The Balaban J connectivity index is 1.42. The largest absolute Gasteiger partial charge is 0.492 e. The Labute approximate surface area is 199 Å². The first-order valence-corrected chi connectivity index (χ1v) is 11.7. The fraction of sp³-hybridized carbons (Fsp3) is 0.167. The van der Waals surface area contributed by atoms with Crippen LogP contribution in [0.3, 0.4) is 0 Å². The molecule has 0 atom stereocenters. The van der Waals surface area contributed by atoms with Gasteiger partial charge in [-0.3, -0.25) is 10.2 Å². The normalized spacial score (nSPS) is 16.9. The van der Waals surface area contributed by atoms with Crippen LogP contribution < -0.4 is 4.74 Å². The number of nitrogens with one attached hydrogen (secondary N) is 1. The maximum atomic E-state index is 12.7. The SMILES string of the molecule is CCC1=NN2C(=N)C(=Cc3cn(CCOc4ccc(Cl)cc4)c4ccccc34)C(=O)N=C2S1. The van der Waals surface area contributed by atoms with Crippen molar-refractivity contribution >= 4 is 62.3 Å². The lowest BCUT2D eigenvalue weighted by Gasteiger charge is -2.20. The quantitative estimate of drug-likeness (QED) is 0.481. The molecule has 0 saturated carbocycles. The van der Waals surface area contributed by atoms with E-state index in [1.165, 1.54) is 16.8 Å². The molecule has 0 bridgehead atoms. The standard InChI is InChI=1S/C24H20ClN5O2S/c1-2-21-28-30-22(26)19(23(31)27-24(30)33-21)13-15-14-29(20-6-4-3-5-18(15)20)11-12-32-17-9-7-16(25)8-10-17/h3-10,13-14,26H,2,11-12H2,1H3. The van der Waals surface area contributed by atoms with Crippen LogP contribution in [0.2, 0.25) is 5.02 Å². The van der Waals surface area contributed by atoms with Gasteiger partial charge in [0.25, 0.3) is 5.91 Å². The Morgan fingerprint density at radius 3 is 2.76 bits per heavy atom. The van der Waals surface area contributed by atoms with Gasteiger partial charge in [-0.1, -0.05) is 36.7 Å². The van der Waals surface area contributed by atoms with Gasteiger partial charge in [0.1, 0.15) is 17.4 Å². The van der Waals surface area contributed by atoms with Crippen LogP contribution in [0.15, 0.2) is 70.4 Å². The third-order valence-corrected chi connectivity index (χ3v) is 6.64. The van der Waals surface area contributed by atoms with Crippen LogP contribution in [0.4, 0.5) is 0 Å². The van der Waals surface area contributed by atoms with Crippen LogP contribution in [0.25, 0.3) is 17.0 Å². The number of amidine groups is 2. The van der Waals surface area contributed by atoms with E-state index in [4.69, 9.17) is 21.7 Å². The molecular formula is C24H20ClN5O2S. The summed E-state index contributed by atoms with van der Waals surface area (Å²) in [5, 5.41) is 17.3. The highest BCUT2D eigenvalue weighted by Crippen LogP contribution is 2.31. The Kier molecular flexibility index (Phi) is 5.78. The van der Waals surface area contributed by atoms with E-state index < -0.39 is 5.91 Å². The molecule has 0 saturated heterocycles. The van der Waals surface area contributed by atoms with E-state index in [1.54, 1.807) is 18.2 Å². The average molecular weight is 478 g/mol. The molecule has 9 heteroatoms. The zero-order chi connectivity index (χ0) is 22.9. The molecule has 2 aliphatic heterocycles. The Hall–Kier alpha value is -3.36. The van der Waals surface area contributed by atoms with Gasteiger partial charge in [-0.25, -0.2) is 0 Å². The molecule has 5 rings (SSSR count). The molecule has 0 fully saturated rings. The summed E-state index contributed by atoms with van der Waals surface area (Å²) in [6.45, 7) is 3.07. The Morgan fingerprint density at radius 1 is 1.18 bits per heavy atom. The van der Waals surface area contributed by atoms with Crippen molar-refractivity contribution in [2.75, 3.05) is 6.61 Å². The van der Waals surface area contributed by atoms with Crippen molar-refractivity contribution in [3.8, 4) is 5.75 Å². The number of ether oxygens (including phenoxy) is 1. The van der Waals surface area contributed by atoms with Crippen molar-refractivity contribution in [2.24, 2.45) is 10.1 Å². The number of amides is 1. The second-order valence-electron chi connectivity index (χ2n) is 7.46. The van der Waals surface area contributed by atoms with E-state index in [2.05, 4.69) is 14.7 Å². The van der Waals surface area contributed by atoms with Crippen molar-refractivity contribution in [2.45, 2.75) is 19.9 Å². The highest BCUT2D eigenvalue weighted by Gasteiger charge is 2.35. The molecular weight excluding hydrogens is 458 g/mol. The maximum Gasteiger partial charge on any atom is 0.283 e. The monoisotopic (exact) mass is 477 g/mol. The average Bonchev–Trinajstić information content (AvgIpc) is 3.39. The van der Waals surface area contributed by atoms with Crippen molar-refractivity contribution in [3.63, 3.8) is 0 Å². The second kappa shape index (κ2) is 8.88. The Bertz CT molecular complexity index is 1360. The van der Waals surface area contributed by atoms with Crippen LogP contribution in [0.1, 0.15) is 18.9 Å². The van der Waals surface area contributed by atoms with Gasteiger partial charge >= 0.3 is 0 Å². The maximum absolute atomic E-state index is 12.7. The summed E-state index contributed by atoms with van der Waals surface area (Å²) >= 11 is 7.27. The molecule has 1 aromatic heterocycles. The third kappa shape index (κ3) is 4.19. The molecule has 0 spiro atoms. The topological polar surface area (TPSA) is 83.0 Å². The molecule has 33 heavy (non-hydrogen) atoms. The number of rotatable bonds is 6. The first-order valence-electron chi connectivity index (χ1n) is 10.5. The van der Waals surface area contributed by atoms with Gasteiger partial charge in [0.2, 0.25) is 5.17 Å². The fourth-order valence-electron chi connectivity index (χ4n) is 3.70. The van der Waals surface area contributed by atoms with Crippen molar-refractivity contribution < 1.29 is 9.53 Å². The summed E-state index contributed by atoms with van der Waals surface area (Å²) in [5.74, 6) is 0.377. The lowest BCUT2D eigenvalue weighted by Crippen LogP contribution is -2.35. The number of hydrazone groups is 1. The zero-order valence-corrected chi connectivity index (χ0v) is 19.4. The van der Waals surface area contributed by atoms with Crippen LogP contribution in [0, 0.1) is 5.41 Å². The minimum Gasteiger partial charge on any atom is -0.492 e. The Morgan fingerprint density at radius 2 is 1.97 bits per heavy atom. The number of hydrogen-bond donors (Lipinski definition) is 1. The number of halogens is 1. The molecule has 0 aliphatic carbocycles. The van der Waals surface area contributed by atoms with E-state index >= 15 is 0 Å². The molecule has 7 nitrogen and oxygen atoms in total. The van der Waals surface area contributed by atoms with Crippen LogP contribution in [0.5, 0.6) is 5.75 Å². The molecule has 1 N–H and O–H groups in total. The highest BCUT2D eigenvalue weighted by atomic mass is 35.5. The van der Waals surface area contributed by atoms with E-state index in [1.807, 2.05) is 49.5 Å². The fourth-order valence-corrected chi connectivity index (χ4v) is 4.65. The smallest absolute Gasteiger partial charge is 0.283 e. The summed E-state index contributed by atoms with van der Waals surface area (Å²) < 4.78 is 7.94. The first-order chi connectivity index (χ1) is 16.0. The number of thioether (sulfide) groups is 1. The van der Waals surface area contributed by atoms with Gasteiger partial charge in [0.15, 0.2) is 5.84 Å².